The van der Waals surface area contributed by atoms with Gasteiger partial charge in [-0.05, 0) is 43.2 Å². The number of anilines is 1. The van der Waals surface area contributed by atoms with Crippen molar-refractivity contribution in [3.05, 3.63) is 64.6 Å². The molecule has 2 atom stereocenters. The van der Waals surface area contributed by atoms with E-state index in [1.807, 2.05) is 49.4 Å². The molecule has 0 spiro atoms. The smallest absolute Gasteiger partial charge is 0.241 e. The molecule has 0 bridgehead atoms. The van der Waals surface area contributed by atoms with Crippen LogP contribution >= 0.6 is 15.9 Å². The predicted octanol–water partition coefficient (Wildman–Crippen LogP) is 4.52. The van der Waals surface area contributed by atoms with Crippen molar-refractivity contribution in [3.63, 3.8) is 0 Å². The van der Waals surface area contributed by atoms with E-state index in [2.05, 4.69) is 45.6 Å². The Morgan fingerprint density at radius 1 is 1.09 bits per heavy atom. The van der Waals surface area contributed by atoms with Gasteiger partial charge in [-0.25, -0.2) is 0 Å². The third kappa shape index (κ3) is 4.68. The van der Waals surface area contributed by atoms with Gasteiger partial charge < -0.3 is 5.32 Å². The van der Waals surface area contributed by atoms with E-state index in [4.69, 9.17) is 0 Å². The first-order chi connectivity index (χ1) is 10.6. The summed E-state index contributed by atoms with van der Waals surface area (Å²) in [6, 6.07) is 17.6. The number of benzene rings is 2. The molecule has 0 radical (unpaired) electrons. The second kappa shape index (κ2) is 8.11. The molecule has 2 aromatic rings. The summed E-state index contributed by atoms with van der Waals surface area (Å²) in [4.78, 5) is 12.3. The Balaban J connectivity index is 1.98. The molecule has 116 valence electrons. The molecule has 0 saturated heterocycles. The molecule has 0 aromatic heterocycles. The number of hydrogen-bond acceptors (Lipinski definition) is 2. The van der Waals surface area contributed by atoms with Crippen LogP contribution < -0.4 is 10.6 Å². The van der Waals surface area contributed by atoms with Gasteiger partial charge in [-0.3, -0.25) is 10.1 Å². The van der Waals surface area contributed by atoms with Crippen molar-refractivity contribution in [3.8, 4) is 0 Å². The summed E-state index contributed by atoms with van der Waals surface area (Å²) in [5, 5.41) is 6.32. The van der Waals surface area contributed by atoms with E-state index in [0.29, 0.717) is 0 Å². The Labute approximate surface area is 140 Å². The predicted molar refractivity (Wildman–Crippen MR) is 94.8 cm³/mol. The molecular formula is C18H21BrN2O. The molecule has 0 saturated carbocycles. The summed E-state index contributed by atoms with van der Waals surface area (Å²) >= 11 is 3.44. The fraction of sp³-hybridized carbons (Fsp3) is 0.278. The summed E-state index contributed by atoms with van der Waals surface area (Å²) in [5.41, 5.74) is 2.00. The van der Waals surface area contributed by atoms with Gasteiger partial charge in [0.2, 0.25) is 5.91 Å². The molecule has 0 heterocycles. The highest BCUT2D eigenvalue weighted by atomic mass is 79.9. The molecule has 2 rings (SSSR count). The molecule has 22 heavy (non-hydrogen) atoms. The summed E-state index contributed by atoms with van der Waals surface area (Å²) < 4.78 is 1.06. The minimum absolute atomic E-state index is 0.0261. The van der Waals surface area contributed by atoms with Gasteiger partial charge in [-0.1, -0.05) is 53.2 Å². The van der Waals surface area contributed by atoms with Crippen molar-refractivity contribution in [2.45, 2.75) is 32.4 Å². The van der Waals surface area contributed by atoms with Crippen LogP contribution in [-0.4, -0.2) is 11.9 Å². The second-order valence-corrected chi connectivity index (χ2v) is 6.17. The van der Waals surface area contributed by atoms with Crippen molar-refractivity contribution in [1.82, 2.24) is 5.32 Å². The van der Waals surface area contributed by atoms with E-state index >= 15 is 0 Å². The van der Waals surface area contributed by atoms with Gasteiger partial charge in [0.05, 0.1) is 6.04 Å². The molecule has 4 heteroatoms. The van der Waals surface area contributed by atoms with Crippen molar-refractivity contribution in [2.75, 3.05) is 5.32 Å². The van der Waals surface area contributed by atoms with Crippen LogP contribution in [0.25, 0.3) is 0 Å². The zero-order valence-corrected chi connectivity index (χ0v) is 14.4. The zero-order chi connectivity index (χ0) is 15.9. The van der Waals surface area contributed by atoms with Gasteiger partial charge in [0.25, 0.3) is 0 Å². The maximum absolute atomic E-state index is 12.3. The third-order valence-corrected chi connectivity index (χ3v) is 4.10. The maximum atomic E-state index is 12.3. The standard InChI is InChI=1S/C18H21BrN2O/c1-3-17(14-9-11-15(19)12-10-14)20-13(2)18(22)21-16-7-5-4-6-8-16/h4-13,17,20H,3H2,1-2H3,(H,21,22)/t13-,17+/m0/s1. The number of carbonyl (C=O) groups excluding carboxylic acids is 1. The summed E-state index contributed by atoms with van der Waals surface area (Å²) in [6.45, 7) is 4.00. The molecular weight excluding hydrogens is 340 g/mol. The molecule has 0 aliphatic heterocycles. The minimum Gasteiger partial charge on any atom is -0.325 e. The number of nitrogens with one attached hydrogen (secondary N) is 2. The highest BCUT2D eigenvalue weighted by Gasteiger charge is 2.18. The van der Waals surface area contributed by atoms with E-state index in [0.717, 1.165) is 16.6 Å². The molecule has 0 aliphatic carbocycles. The normalized spacial score (nSPS) is 13.4. The molecule has 2 aromatic carbocycles. The fourth-order valence-corrected chi connectivity index (χ4v) is 2.56. The third-order valence-electron chi connectivity index (χ3n) is 3.57. The van der Waals surface area contributed by atoms with Crippen LogP contribution in [0, 0.1) is 0 Å². The molecule has 0 unspecified atom stereocenters. The number of amides is 1. The first-order valence-corrected chi connectivity index (χ1v) is 8.27. The van der Waals surface area contributed by atoms with Gasteiger partial charge in [-0.15, -0.1) is 0 Å². The van der Waals surface area contributed by atoms with E-state index in [-0.39, 0.29) is 18.0 Å². The number of carbonyl (C=O) groups is 1. The van der Waals surface area contributed by atoms with Crippen molar-refractivity contribution < 1.29 is 4.79 Å². The first kappa shape index (κ1) is 16.7. The zero-order valence-electron chi connectivity index (χ0n) is 12.8. The van der Waals surface area contributed by atoms with E-state index in [1.54, 1.807) is 0 Å². The number of hydrogen-bond donors (Lipinski definition) is 2. The Morgan fingerprint density at radius 3 is 2.32 bits per heavy atom. The Hall–Kier alpha value is -1.65. The fourth-order valence-electron chi connectivity index (χ4n) is 2.29. The van der Waals surface area contributed by atoms with Gasteiger partial charge in [0.1, 0.15) is 0 Å². The van der Waals surface area contributed by atoms with E-state index < -0.39 is 0 Å². The van der Waals surface area contributed by atoms with Crippen LogP contribution in [0.4, 0.5) is 5.69 Å². The molecule has 0 aliphatic rings. The Morgan fingerprint density at radius 2 is 1.73 bits per heavy atom. The Bertz CT molecular complexity index is 598. The van der Waals surface area contributed by atoms with Crippen LogP contribution in [0.5, 0.6) is 0 Å². The largest absolute Gasteiger partial charge is 0.325 e. The average Bonchev–Trinajstić information content (AvgIpc) is 2.54. The Kier molecular flexibility index (Phi) is 6.16. The monoisotopic (exact) mass is 360 g/mol. The topological polar surface area (TPSA) is 41.1 Å². The van der Waals surface area contributed by atoms with E-state index in [1.165, 1.54) is 5.56 Å². The van der Waals surface area contributed by atoms with Gasteiger partial charge >= 0.3 is 0 Å². The lowest BCUT2D eigenvalue weighted by Crippen LogP contribution is -2.40. The van der Waals surface area contributed by atoms with Gasteiger partial charge in [-0.2, -0.15) is 0 Å². The summed E-state index contributed by atoms with van der Waals surface area (Å²) in [6.07, 6.45) is 0.921. The lowest BCUT2D eigenvalue weighted by atomic mass is 10.0. The minimum atomic E-state index is -0.270. The lowest BCUT2D eigenvalue weighted by molar-refractivity contribution is -0.118. The summed E-state index contributed by atoms with van der Waals surface area (Å²) in [5.74, 6) is -0.0261. The highest BCUT2D eigenvalue weighted by molar-refractivity contribution is 9.10. The SMILES string of the molecule is CC[C@@H](N[C@@H](C)C(=O)Nc1ccccc1)c1ccc(Br)cc1. The highest BCUT2D eigenvalue weighted by Crippen LogP contribution is 2.20. The second-order valence-electron chi connectivity index (χ2n) is 5.26. The van der Waals surface area contributed by atoms with Crippen molar-refractivity contribution in [1.29, 1.82) is 0 Å². The van der Waals surface area contributed by atoms with Crippen LogP contribution in [0.3, 0.4) is 0 Å². The quantitative estimate of drug-likeness (QED) is 0.795. The number of halogens is 1. The van der Waals surface area contributed by atoms with Crippen LogP contribution in [0.1, 0.15) is 31.9 Å². The molecule has 1 amide bonds. The van der Waals surface area contributed by atoms with Gasteiger partial charge in [0.15, 0.2) is 0 Å². The van der Waals surface area contributed by atoms with E-state index in [9.17, 15) is 4.79 Å². The van der Waals surface area contributed by atoms with Crippen molar-refractivity contribution in [2.24, 2.45) is 0 Å². The first-order valence-electron chi connectivity index (χ1n) is 7.47. The summed E-state index contributed by atoms with van der Waals surface area (Å²) in [7, 11) is 0. The van der Waals surface area contributed by atoms with Crippen molar-refractivity contribution >= 4 is 27.5 Å². The van der Waals surface area contributed by atoms with Crippen LogP contribution in [0.2, 0.25) is 0 Å². The molecule has 3 nitrogen and oxygen atoms in total. The molecule has 0 fully saturated rings. The number of para-hydroxylation sites is 1. The van der Waals surface area contributed by atoms with Crippen LogP contribution in [-0.2, 0) is 4.79 Å². The maximum Gasteiger partial charge on any atom is 0.241 e. The number of rotatable bonds is 6. The molecule has 2 N–H and O–H groups in total. The lowest BCUT2D eigenvalue weighted by Gasteiger charge is -2.22. The van der Waals surface area contributed by atoms with Crippen LogP contribution in [0.15, 0.2) is 59.1 Å². The van der Waals surface area contributed by atoms with Gasteiger partial charge in [0, 0.05) is 16.2 Å². The average molecular weight is 361 g/mol.